The summed E-state index contributed by atoms with van der Waals surface area (Å²) in [4.78, 5) is 12.2. The zero-order chi connectivity index (χ0) is 19.1. The first-order valence-corrected chi connectivity index (χ1v) is 9.08. The molecule has 0 aliphatic heterocycles. The van der Waals surface area contributed by atoms with Crippen molar-refractivity contribution in [3.8, 4) is 5.75 Å². The molecule has 140 valence electrons. The van der Waals surface area contributed by atoms with E-state index in [4.69, 9.17) is 21.4 Å². The van der Waals surface area contributed by atoms with Crippen LogP contribution in [0, 0.1) is 11.8 Å². The Bertz CT molecular complexity index is 950. The Hall–Kier alpha value is -2.93. The molecule has 0 unspecified atom stereocenters. The number of aromatic nitrogens is 2. The van der Waals surface area contributed by atoms with E-state index in [1.807, 2.05) is 61.5 Å². The predicted octanol–water partition coefficient (Wildman–Crippen LogP) is 3.45. The lowest BCUT2D eigenvalue weighted by Crippen LogP contribution is -2.29. The predicted molar refractivity (Wildman–Crippen MR) is 104 cm³/mol. The fourth-order valence-corrected chi connectivity index (χ4v) is 2.75. The quantitative estimate of drug-likeness (QED) is 0.604. The van der Waals surface area contributed by atoms with Crippen LogP contribution in [0.5, 0.6) is 5.75 Å². The largest absolute Gasteiger partial charge is 0.484 e. The third-order valence-electron chi connectivity index (χ3n) is 3.96. The van der Waals surface area contributed by atoms with Crippen LogP contribution in [0.3, 0.4) is 0 Å². The summed E-state index contributed by atoms with van der Waals surface area (Å²) in [7, 11) is 0. The van der Waals surface area contributed by atoms with Crippen molar-refractivity contribution in [3.63, 3.8) is 0 Å². The molecule has 0 bridgehead atoms. The Balaban J connectivity index is 1.49. The molecule has 0 spiro atoms. The maximum Gasteiger partial charge on any atom is 0.287 e. The van der Waals surface area contributed by atoms with Gasteiger partial charge in [-0.25, -0.2) is 4.68 Å². The minimum atomic E-state index is -0.165. The number of carbonyl (C=O) groups is 1. The van der Waals surface area contributed by atoms with E-state index in [1.54, 1.807) is 0 Å². The van der Waals surface area contributed by atoms with Gasteiger partial charge in [0, 0.05) is 6.54 Å². The molecule has 1 aromatic heterocycles. The van der Waals surface area contributed by atoms with E-state index in [-0.39, 0.29) is 23.9 Å². The lowest BCUT2D eigenvalue weighted by molar-refractivity contribution is -0.121. The SMILES string of the molecule is Cc1ccccc1OCc1nn(CC(=O)NCCc2ccccc2)c(=S)o1. The van der Waals surface area contributed by atoms with E-state index in [1.165, 1.54) is 10.2 Å². The normalized spacial score (nSPS) is 10.6. The van der Waals surface area contributed by atoms with Gasteiger partial charge >= 0.3 is 0 Å². The summed E-state index contributed by atoms with van der Waals surface area (Å²) >= 11 is 5.14. The van der Waals surface area contributed by atoms with E-state index in [0.29, 0.717) is 12.4 Å². The third kappa shape index (κ3) is 5.52. The van der Waals surface area contributed by atoms with Crippen LogP contribution >= 0.6 is 12.2 Å². The van der Waals surface area contributed by atoms with E-state index in [9.17, 15) is 4.79 Å². The number of hydrogen-bond donors (Lipinski definition) is 1. The Labute approximate surface area is 162 Å². The average molecular weight is 383 g/mol. The van der Waals surface area contributed by atoms with Crippen molar-refractivity contribution in [3.05, 3.63) is 76.5 Å². The van der Waals surface area contributed by atoms with Gasteiger partial charge in [-0.15, -0.1) is 5.10 Å². The van der Waals surface area contributed by atoms with Crippen LogP contribution in [0.15, 0.2) is 59.0 Å². The number of ether oxygens (including phenoxy) is 1. The number of para-hydroxylation sites is 1. The molecular formula is C20H21N3O3S. The summed E-state index contributed by atoms with van der Waals surface area (Å²) in [5.74, 6) is 0.925. The van der Waals surface area contributed by atoms with Crippen LogP contribution in [0.2, 0.25) is 0 Å². The van der Waals surface area contributed by atoms with Gasteiger partial charge in [-0.3, -0.25) is 4.79 Å². The van der Waals surface area contributed by atoms with Gasteiger partial charge in [-0.05, 0) is 42.8 Å². The summed E-state index contributed by atoms with van der Waals surface area (Å²) < 4.78 is 12.5. The Morgan fingerprint density at radius 2 is 1.93 bits per heavy atom. The molecular weight excluding hydrogens is 362 g/mol. The van der Waals surface area contributed by atoms with Crippen LogP contribution in [0.25, 0.3) is 0 Å². The van der Waals surface area contributed by atoms with E-state index >= 15 is 0 Å². The lowest BCUT2D eigenvalue weighted by Gasteiger charge is -2.06. The first-order valence-electron chi connectivity index (χ1n) is 8.67. The van der Waals surface area contributed by atoms with Crippen molar-refractivity contribution >= 4 is 18.1 Å². The van der Waals surface area contributed by atoms with Crippen LogP contribution in [-0.4, -0.2) is 22.2 Å². The molecule has 1 amide bonds. The number of carbonyl (C=O) groups excluding carboxylic acids is 1. The second kappa shape index (κ2) is 9.14. The zero-order valence-electron chi connectivity index (χ0n) is 15.1. The summed E-state index contributed by atoms with van der Waals surface area (Å²) in [5.41, 5.74) is 2.19. The minimum Gasteiger partial charge on any atom is -0.484 e. The highest BCUT2D eigenvalue weighted by Gasteiger charge is 2.10. The van der Waals surface area contributed by atoms with E-state index in [2.05, 4.69) is 10.4 Å². The van der Waals surface area contributed by atoms with Crippen molar-refractivity contribution in [1.29, 1.82) is 0 Å². The van der Waals surface area contributed by atoms with Crippen molar-refractivity contribution in [2.24, 2.45) is 0 Å². The maximum atomic E-state index is 12.1. The van der Waals surface area contributed by atoms with Crippen molar-refractivity contribution < 1.29 is 13.9 Å². The first-order chi connectivity index (χ1) is 13.1. The monoisotopic (exact) mass is 383 g/mol. The van der Waals surface area contributed by atoms with Gasteiger partial charge < -0.3 is 14.5 Å². The highest BCUT2D eigenvalue weighted by Crippen LogP contribution is 2.17. The van der Waals surface area contributed by atoms with Gasteiger partial charge in [0.05, 0.1) is 0 Å². The molecule has 7 heteroatoms. The van der Waals surface area contributed by atoms with Gasteiger partial charge in [0.1, 0.15) is 12.3 Å². The first kappa shape index (κ1) is 18.8. The average Bonchev–Trinajstić information content (AvgIpc) is 3.01. The van der Waals surface area contributed by atoms with Crippen LogP contribution < -0.4 is 10.1 Å². The number of amides is 1. The molecule has 0 aliphatic carbocycles. The summed E-state index contributed by atoms with van der Waals surface area (Å²) in [6, 6.07) is 17.7. The topological polar surface area (TPSA) is 69.3 Å². The van der Waals surface area contributed by atoms with Gasteiger partial charge in [0.15, 0.2) is 6.61 Å². The van der Waals surface area contributed by atoms with Gasteiger partial charge in [0.25, 0.3) is 10.7 Å². The molecule has 1 N–H and O–H groups in total. The molecule has 0 fully saturated rings. The fourth-order valence-electron chi connectivity index (χ4n) is 2.55. The standard InChI is InChI=1S/C20H21N3O3S/c1-15-7-5-6-10-17(15)25-14-19-22-23(20(27)26-19)13-18(24)21-12-11-16-8-3-2-4-9-16/h2-10H,11-14H2,1H3,(H,21,24). The van der Waals surface area contributed by atoms with E-state index < -0.39 is 0 Å². The molecule has 0 saturated carbocycles. The zero-order valence-corrected chi connectivity index (χ0v) is 15.9. The highest BCUT2D eigenvalue weighted by molar-refractivity contribution is 7.71. The molecule has 0 radical (unpaired) electrons. The number of nitrogens with zero attached hydrogens (tertiary/aromatic N) is 2. The highest BCUT2D eigenvalue weighted by atomic mass is 32.1. The molecule has 1 heterocycles. The number of hydrogen-bond acceptors (Lipinski definition) is 5. The maximum absolute atomic E-state index is 12.1. The smallest absolute Gasteiger partial charge is 0.287 e. The molecule has 2 aromatic carbocycles. The summed E-state index contributed by atoms with van der Waals surface area (Å²) in [5, 5.41) is 7.08. The molecule has 3 rings (SSSR count). The van der Waals surface area contributed by atoms with Gasteiger partial charge in [-0.1, -0.05) is 48.5 Å². The number of aryl methyl sites for hydroxylation is 1. The van der Waals surface area contributed by atoms with Gasteiger partial charge in [-0.2, -0.15) is 0 Å². The van der Waals surface area contributed by atoms with Crippen LogP contribution in [0.4, 0.5) is 0 Å². The minimum absolute atomic E-state index is 0.0154. The van der Waals surface area contributed by atoms with Crippen LogP contribution in [0.1, 0.15) is 17.0 Å². The number of benzene rings is 2. The molecule has 6 nitrogen and oxygen atoms in total. The molecule has 0 aliphatic rings. The van der Waals surface area contributed by atoms with Gasteiger partial charge in [0.2, 0.25) is 5.91 Å². The Kier molecular flexibility index (Phi) is 6.38. The number of nitrogens with one attached hydrogen (secondary N) is 1. The van der Waals surface area contributed by atoms with Crippen LogP contribution in [-0.2, 0) is 24.4 Å². The molecule has 0 atom stereocenters. The van der Waals surface area contributed by atoms with Crippen molar-refractivity contribution in [2.75, 3.05) is 6.54 Å². The second-order valence-corrected chi connectivity index (χ2v) is 6.41. The molecule has 27 heavy (non-hydrogen) atoms. The summed E-state index contributed by atoms with van der Waals surface area (Å²) in [6.45, 7) is 2.68. The number of rotatable bonds is 8. The third-order valence-corrected chi connectivity index (χ3v) is 4.26. The van der Waals surface area contributed by atoms with E-state index in [0.717, 1.165) is 17.7 Å². The lowest BCUT2D eigenvalue weighted by atomic mass is 10.1. The molecule has 3 aromatic rings. The van der Waals surface area contributed by atoms with Crippen molar-refractivity contribution in [2.45, 2.75) is 26.5 Å². The Morgan fingerprint density at radius 1 is 1.19 bits per heavy atom. The van der Waals surface area contributed by atoms with Crippen molar-refractivity contribution in [1.82, 2.24) is 15.1 Å². The summed E-state index contributed by atoms with van der Waals surface area (Å²) in [6.07, 6.45) is 0.770. The fraction of sp³-hybridized carbons (Fsp3) is 0.250. The Morgan fingerprint density at radius 3 is 2.70 bits per heavy atom. The molecule has 0 saturated heterocycles. The second-order valence-electron chi connectivity index (χ2n) is 6.06.